The van der Waals surface area contributed by atoms with Gasteiger partial charge in [0.2, 0.25) is 5.91 Å². The number of nitrogens with zero attached hydrogens (tertiary/aromatic N) is 1. The summed E-state index contributed by atoms with van der Waals surface area (Å²) >= 11 is 4.77. The van der Waals surface area contributed by atoms with Gasteiger partial charge in [0.1, 0.15) is 5.75 Å². The number of fused-ring (bicyclic) bond motifs is 1. The molecule has 1 heterocycles. The summed E-state index contributed by atoms with van der Waals surface area (Å²) < 4.78 is 6.03. The number of thiazole rings is 1. The molecule has 0 fully saturated rings. The molecular formula is C14H17BrN2O2S. The van der Waals surface area contributed by atoms with Gasteiger partial charge in [-0.2, -0.15) is 0 Å². The van der Waals surface area contributed by atoms with Gasteiger partial charge in [-0.25, -0.2) is 4.98 Å². The smallest absolute Gasteiger partial charge is 0.242 e. The second-order valence-electron chi connectivity index (χ2n) is 5.24. The van der Waals surface area contributed by atoms with Crippen LogP contribution in [0.5, 0.6) is 5.75 Å². The molecule has 0 radical (unpaired) electrons. The monoisotopic (exact) mass is 356 g/mol. The summed E-state index contributed by atoms with van der Waals surface area (Å²) in [7, 11) is 0. The Morgan fingerprint density at radius 2 is 2.15 bits per heavy atom. The highest BCUT2D eigenvalue weighted by atomic mass is 79.9. The average Bonchev–Trinajstić information content (AvgIpc) is 2.68. The molecule has 1 aromatic carbocycles. The number of aromatic nitrogens is 1. The number of hydrogen-bond donors (Lipinski definition) is 1. The summed E-state index contributed by atoms with van der Waals surface area (Å²) in [6.07, 6.45) is 0.133. The molecule has 6 heteroatoms. The first kappa shape index (κ1) is 15.3. The summed E-state index contributed by atoms with van der Waals surface area (Å²) in [4.78, 5) is 16.3. The second-order valence-corrected chi connectivity index (χ2v) is 8.25. The van der Waals surface area contributed by atoms with Gasteiger partial charge in [0.05, 0.1) is 20.6 Å². The summed E-state index contributed by atoms with van der Waals surface area (Å²) in [6, 6.07) is 5.74. The van der Waals surface area contributed by atoms with Gasteiger partial charge in [0.15, 0.2) is 5.13 Å². The lowest BCUT2D eigenvalue weighted by Crippen LogP contribution is -2.30. The van der Waals surface area contributed by atoms with Crippen LogP contribution in [-0.2, 0) is 4.79 Å². The van der Waals surface area contributed by atoms with Crippen LogP contribution in [0.2, 0.25) is 0 Å². The molecule has 1 amide bonds. The molecule has 0 aliphatic rings. The number of halogens is 1. The molecule has 2 aromatic rings. The van der Waals surface area contributed by atoms with E-state index in [2.05, 4.69) is 26.2 Å². The normalized spacial score (nSPS) is 11.9. The van der Waals surface area contributed by atoms with Crippen molar-refractivity contribution < 1.29 is 9.53 Å². The molecule has 0 unspecified atom stereocenters. The molecule has 0 aliphatic heterocycles. The van der Waals surface area contributed by atoms with Crippen LogP contribution in [-0.4, -0.2) is 21.3 Å². The largest absolute Gasteiger partial charge is 0.491 e. The first-order valence-corrected chi connectivity index (χ1v) is 7.94. The van der Waals surface area contributed by atoms with Gasteiger partial charge in [-0.05, 0) is 45.9 Å². The molecule has 20 heavy (non-hydrogen) atoms. The molecule has 0 saturated heterocycles. The lowest BCUT2D eigenvalue weighted by molar-refractivity contribution is -0.117. The Morgan fingerprint density at radius 1 is 1.45 bits per heavy atom. The van der Waals surface area contributed by atoms with Crippen molar-refractivity contribution in [3.63, 3.8) is 0 Å². The Hall–Kier alpha value is -1.14. The average molecular weight is 357 g/mol. The number of amides is 1. The van der Waals surface area contributed by atoms with Crippen molar-refractivity contribution in [1.29, 1.82) is 0 Å². The lowest BCUT2D eigenvalue weighted by Gasteiger charge is -2.13. The predicted molar refractivity (Wildman–Crippen MR) is 87.0 cm³/mol. The van der Waals surface area contributed by atoms with Gasteiger partial charge in [0.25, 0.3) is 0 Å². The van der Waals surface area contributed by atoms with E-state index in [-0.39, 0.29) is 12.0 Å². The molecule has 0 spiro atoms. The molecule has 0 bridgehead atoms. The summed E-state index contributed by atoms with van der Waals surface area (Å²) in [5, 5.41) is 3.41. The van der Waals surface area contributed by atoms with Crippen molar-refractivity contribution in [2.75, 3.05) is 5.32 Å². The number of nitrogens with one attached hydrogen (secondary N) is 1. The van der Waals surface area contributed by atoms with Crippen LogP contribution in [0, 0.1) is 0 Å². The van der Waals surface area contributed by atoms with E-state index in [1.165, 1.54) is 11.3 Å². The standard InChI is InChI=1S/C14H17BrN2O2S/c1-8(2)19-9-5-6-10-11(7-9)20-13(16-10)17-12(18)14(3,4)15/h5-8H,1-4H3,(H,16,17,18). The zero-order chi connectivity index (χ0) is 14.9. The van der Waals surface area contributed by atoms with Crippen molar-refractivity contribution in [1.82, 2.24) is 4.98 Å². The fourth-order valence-electron chi connectivity index (χ4n) is 1.55. The number of ether oxygens (including phenoxy) is 1. The number of rotatable bonds is 4. The maximum atomic E-state index is 11.9. The van der Waals surface area contributed by atoms with E-state index in [1.54, 1.807) is 13.8 Å². The van der Waals surface area contributed by atoms with E-state index < -0.39 is 4.32 Å². The molecule has 4 nitrogen and oxygen atoms in total. The minimum Gasteiger partial charge on any atom is -0.491 e. The number of hydrogen-bond acceptors (Lipinski definition) is 4. The Labute approximate surface area is 130 Å². The number of carbonyl (C=O) groups is 1. The minimum atomic E-state index is -0.614. The maximum absolute atomic E-state index is 11.9. The van der Waals surface area contributed by atoms with Crippen molar-refractivity contribution in [2.24, 2.45) is 0 Å². The van der Waals surface area contributed by atoms with Gasteiger partial charge in [-0.3, -0.25) is 4.79 Å². The third kappa shape index (κ3) is 3.70. The third-order valence-corrected chi connectivity index (χ3v) is 3.79. The summed E-state index contributed by atoms with van der Waals surface area (Å²) in [5.74, 6) is 0.699. The minimum absolute atomic E-state index is 0.116. The number of carbonyl (C=O) groups excluding carboxylic acids is 1. The van der Waals surface area contributed by atoms with Crippen molar-refractivity contribution in [3.05, 3.63) is 18.2 Å². The molecule has 0 atom stereocenters. The SMILES string of the molecule is CC(C)Oc1ccc2nc(NC(=O)C(C)(C)Br)sc2c1. The lowest BCUT2D eigenvalue weighted by atomic mass is 10.2. The maximum Gasteiger partial charge on any atom is 0.242 e. The quantitative estimate of drug-likeness (QED) is 0.835. The van der Waals surface area contributed by atoms with Crippen LogP contribution in [0.25, 0.3) is 10.2 Å². The van der Waals surface area contributed by atoms with Crippen LogP contribution in [0.3, 0.4) is 0 Å². The zero-order valence-electron chi connectivity index (χ0n) is 11.9. The van der Waals surface area contributed by atoms with Gasteiger partial charge in [0, 0.05) is 0 Å². The van der Waals surface area contributed by atoms with Crippen LogP contribution in [0.15, 0.2) is 18.2 Å². The van der Waals surface area contributed by atoms with E-state index in [1.807, 2.05) is 32.0 Å². The molecule has 108 valence electrons. The van der Waals surface area contributed by atoms with E-state index >= 15 is 0 Å². The molecule has 0 aliphatic carbocycles. The summed E-state index contributed by atoms with van der Waals surface area (Å²) in [5.41, 5.74) is 0.855. The Balaban J connectivity index is 2.23. The molecule has 0 saturated carbocycles. The van der Waals surface area contributed by atoms with Crippen molar-refractivity contribution in [3.8, 4) is 5.75 Å². The predicted octanol–water partition coefficient (Wildman–Crippen LogP) is 4.20. The first-order chi connectivity index (χ1) is 9.25. The van der Waals surface area contributed by atoms with Crippen LogP contribution in [0.4, 0.5) is 5.13 Å². The topological polar surface area (TPSA) is 51.2 Å². The molecule has 1 aromatic heterocycles. The first-order valence-electron chi connectivity index (χ1n) is 6.33. The molecule has 2 rings (SSSR count). The second kappa shape index (κ2) is 5.69. The highest BCUT2D eigenvalue weighted by Crippen LogP contribution is 2.30. The van der Waals surface area contributed by atoms with Gasteiger partial charge < -0.3 is 10.1 Å². The Kier molecular flexibility index (Phi) is 4.34. The fraction of sp³-hybridized carbons (Fsp3) is 0.429. The fourth-order valence-corrected chi connectivity index (χ4v) is 2.54. The van der Waals surface area contributed by atoms with Crippen molar-refractivity contribution in [2.45, 2.75) is 38.1 Å². The van der Waals surface area contributed by atoms with E-state index in [9.17, 15) is 4.79 Å². The summed E-state index contributed by atoms with van der Waals surface area (Å²) in [6.45, 7) is 7.57. The van der Waals surface area contributed by atoms with Gasteiger partial charge in [-0.1, -0.05) is 27.3 Å². The van der Waals surface area contributed by atoms with Crippen molar-refractivity contribution >= 4 is 48.5 Å². The number of benzene rings is 1. The van der Waals surface area contributed by atoms with Gasteiger partial charge in [-0.15, -0.1) is 0 Å². The zero-order valence-corrected chi connectivity index (χ0v) is 14.3. The highest BCUT2D eigenvalue weighted by molar-refractivity contribution is 9.10. The number of anilines is 1. The third-order valence-electron chi connectivity index (χ3n) is 2.49. The van der Waals surface area contributed by atoms with Crippen LogP contribution < -0.4 is 10.1 Å². The Bertz CT molecular complexity index is 632. The van der Waals surface area contributed by atoms with Crippen LogP contribution >= 0.6 is 27.3 Å². The Morgan fingerprint density at radius 3 is 2.75 bits per heavy atom. The molecular weight excluding hydrogens is 340 g/mol. The van der Waals surface area contributed by atoms with Gasteiger partial charge >= 0.3 is 0 Å². The number of alkyl halides is 1. The van der Waals surface area contributed by atoms with E-state index in [0.29, 0.717) is 5.13 Å². The molecule has 1 N–H and O–H groups in total. The highest BCUT2D eigenvalue weighted by Gasteiger charge is 2.24. The van der Waals surface area contributed by atoms with Crippen LogP contribution in [0.1, 0.15) is 27.7 Å². The van der Waals surface area contributed by atoms with E-state index in [0.717, 1.165) is 16.0 Å². The van der Waals surface area contributed by atoms with E-state index in [4.69, 9.17) is 4.74 Å².